The summed E-state index contributed by atoms with van der Waals surface area (Å²) in [5, 5.41) is 0. The maximum absolute atomic E-state index is 13.8. The van der Waals surface area contributed by atoms with Crippen molar-refractivity contribution < 1.29 is 4.79 Å². The minimum Gasteiger partial charge on any atom is -0.353 e. The molecule has 4 heteroatoms. The smallest absolute Gasteiger partial charge is 0.233 e. The molecule has 0 N–H and O–H groups in total. The maximum Gasteiger partial charge on any atom is 0.233 e. The van der Waals surface area contributed by atoms with Gasteiger partial charge in [0.1, 0.15) is 5.82 Å². The van der Waals surface area contributed by atoms with E-state index in [4.69, 9.17) is 0 Å². The summed E-state index contributed by atoms with van der Waals surface area (Å²) < 4.78 is 0. The lowest BCUT2D eigenvalue weighted by Gasteiger charge is -2.40. The number of anilines is 1. The second-order valence-electron chi connectivity index (χ2n) is 7.83. The van der Waals surface area contributed by atoms with Gasteiger partial charge in [-0.3, -0.25) is 4.79 Å². The predicted octanol–water partition coefficient (Wildman–Crippen LogP) is 3.93. The highest BCUT2D eigenvalue weighted by atomic mass is 16.2. The van der Waals surface area contributed by atoms with Crippen molar-refractivity contribution >= 4 is 11.7 Å². The van der Waals surface area contributed by atoms with Crippen LogP contribution in [0.3, 0.4) is 0 Å². The number of carbonyl (C=O) groups is 1. The summed E-state index contributed by atoms with van der Waals surface area (Å²) in [5.74, 6) is 1.18. The van der Waals surface area contributed by atoms with Crippen molar-refractivity contribution in [3.05, 3.63) is 96.2 Å². The van der Waals surface area contributed by atoms with Crippen molar-refractivity contribution in [2.75, 3.05) is 31.1 Å². The predicted molar refractivity (Wildman–Crippen MR) is 117 cm³/mol. The Bertz CT molecular complexity index is 922. The Kier molecular flexibility index (Phi) is 5.61. The molecule has 4 rings (SSSR count). The van der Waals surface area contributed by atoms with Crippen molar-refractivity contribution in [1.82, 2.24) is 9.88 Å². The summed E-state index contributed by atoms with van der Waals surface area (Å²) in [4.78, 5) is 22.5. The van der Waals surface area contributed by atoms with Gasteiger partial charge in [0, 0.05) is 32.4 Å². The molecule has 2 heterocycles. The van der Waals surface area contributed by atoms with Crippen LogP contribution in [0.15, 0.2) is 85.1 Å². The minimum atomic E-state index is -0.588. The fraction of sp³-hybridized carbons (Fsp3) is 0.280. The minimum absolute atomic E-state index is 0.202. The average Bonchev–Trinajstić information content (AvgIpc) is 2.80. The Morgan fingerprint density at radius 3 is 2.10 bits per heavy atom. The second-order valence-corrected chi connectivity index (χ2v) is 7.83. The first-order valence-electron chi connectivity index (χ1n) is 10.2. The molecule has 2 aromatic carbocycles. The molecule has 0 bridgehead atoms. The van der Waals surface area contributed by atoms with Gasteiger partial charge in [-0.05, 0) is 36.6 Å². The first kappa shape index (κ1) is 19.2. The molecule has 1 fully saturated rings. The molecule has 1 amide bonds. The van der Waals surface area contributed by atoms with Gasteiger partial charge < -0.3 is 9.80 Å². The number of nitrogens with zero attached hydrogens (tertiary/aromatic N) is 3. The lowest BCUT2D eigenvalue weighted by molar-refractivity contribution is -0.137. The molecule has 29 heavy (non-hydrogen) atoms. The molecule has 0 aliphatic carbocycles. The van der Waals surface area contributed by atoms with Gasteiger partial charge in [0.15, 0.2) is 0 Å². The molecule has 3 aromatic rings. The van der Waals surface area contributed by atoms with Crippen molar-refractivity contribution in [3.63, 3.8) is 0 Å². The number of aromatic nitrogens is 1. The molecule has 0 radical (unpaired) electrons. The number of rotatable bonds is 5. The Hall–Kier alpha value is -3.14. The van der Waals surface area contributed by atoms with Gasteiger partial charge in [0.2, 0.25) is 5.91 Å². The highest BCUT2D eigenvalue weighted by Gasteiger charge is 2.39. The van der Waals surface area contributed by atoms with E-state index in [-0.39, 0.29) is 5.91 Å². The summed E-state index contributed by atoms with van der Waals surface area (Å²) in [6.45, 7) is 5.12. The van der Waals surface area contributed by atoms with E-state index >= 15 is 0 Å². The molecule has 1 aliphatic heterocycles. The number of carbonyl (C=O) groups excluding carboxylic acids is 1. The van der Waals surface area contributed by atoms with E-state index in [9.17, 15) is 4.79 Å². The van der Waals surface area contributed by atoms with Crippen LogP contribution < -0.4 is 4.90 Å². The zero-order valence-corrected chi connectivity index (χ0v) is 16.9. The zero-order chi connectivity index (χ0) is 20.1. The Morgan fingerprint density at radius 2 is 1.48 bits per heavy atom. The van der Waals surface area contributed by atoms with E-state index in [1.54, 1.807) is 0 Å². The molecule has 1 aliphatic rings. The summed E-state index contributed by atoms with van der Waals surface area (Å²) in [5.41, 5.74) is 1.66. The van der Waals surface area contributed by atoms with Crippen LogP contribution in [-0.2, 0) is 16.6 Å². The van der Waals surface area contributed by atoms with Crippen molar-refractivity contribution in [1.29, 1.82) is 0 Å². The second kappa shape index (κ2) is 8.48. The maximum atomic E-state index is 13.8. The van der Waals surface area contributed by atoms with Crippen LogP contribution in [-0.4, -0.2) is 42.0 Å². The SMILES string of the molecule is CC(Cc1ccccc1)(C(=O)N1CCN(c2ccccn2)CC1)c1ccccc1. The van der Waals surface area contributed by atoms with E-state index in [0.717, 1.165) is 24.5 Å². The molecule has 1 saturated heterocycles. The number of piperazine rings is 1. The van der Waals surface area contributed by atoms with Crippen LogP contribution in [0.2, 0.25) is 0 Å². The van der Waals surface area contributed by atoms with Gasteiger partial charge in [0.25, 0.3) is 0 Å². The standard InChI is InChI=1S/C25H27N3O/c1-25(22-12-6-3-7-13-22,20-21-10-4-2-5-11-21)24(29)28-18-16-27(17-19-28)23-14-8-9-15-26-23/h2-15H,16-20H2,1H3. The van der Waals surface area contributed by atoms with Crippen LogP contribution in [0.1, 0.15) is 18.1 Å². The normalized spacial score (nSPS) is 16.3. The Morgan fingerprint density at radius 1 is 0.862 bits per heavy atom. The topological polar surface area (TPSA) is 36.4 Å². The largest absolute Gasteiger partial charge is 0.353 e. The van der Waals surface area contributed by atoms with E-state index in [0.29, 0.717) is 19.5 Å². The van der Waals surface area contributed by atoms with Crippen LogP contribution in [0.5, 0.6) is 0 Å². The summed E-state index contributed by atoms with van der Waals surface area (Å²) >= 11 is 0. The van der Waals surface area contributed by atoms with Gasteiger partial charge >= 0.3 is 0 Å². The van der Waals surface area contributed by atoms with Crippen molar-refractivity contribution in [2.24, 2.45) is 0 Å². The van der Waals surface area contributed by atoms with Crippen molar-refractivity contribution in [2.45, 2.75) is 18.8 Å². The number of benzene rings is 2. The Labute approximate surface area is 172 Å². The van der Waals surface area contributed by atoms with Crippen LogP contribution in [0, 0.1) is 0 Å². The quantitative estimate of drug-likeness (QED) is 0.668. The summed E-state index contributed by atoms with van der Waals surface area (Å²) in [6.07, 6.45) is 2.51. The molecule has 4 nitrogen and oxygen atoms in total. The third-order valence-corrected chi connectivity index (χ3v) is 5.82. The monoisotopic (exact) mass is 385 g/mol. The first-order chi connectivity index (χ1) is 14.2. The fourth-order valence-electron chi connectivity index (χ4n) is 4.14. The van der Waals surface area contributed by atoms with Gasteiger partial charge in [-0.25, -0.2) is 4.98 Å². The van der Waals surface area contributed by atoms with E-state index < -0.39 is 5.41 Å². The number of amides is 1. The number of hydrogen-bond donors (Lipinski definition) is 0. The molecular formula is C25H27N3O. The molecule has 1 aromatic heterocycles. The molecule has 148 valence electrons. The van der Waals surface area contributed by atoms with Gasteiger partial charge in [-0.2, -0.15) is 0 Å². The third-order valence-electron chi connectivity index (χ3n) is 5.82. The number of hydrogen-bond acceptors (Lipinski definition) is 3. The van der Waals surface area contributed by atoms with Crippen LogP contribution >= 0.6 is 0 Å². The average molecular weight is 386 g/mol. The van der Waals surface area contributed by atoms with E-state index in [2.05, 4.69) is 41.1 Å². The van der Waals surface area contributed by atoms with E-state index in [1.807, 2.05) is 65.7 Å². The van der Waals surface area contributed by atoms with E-state index in [1.165, 1.54) is 5.56 Å². The highest BCUT2D eigenvalue weighted by Crippen LogP contribution is 2.31. The molecule has 1 atom stereocenters. The van der Waals surface area contributed by atoms with Crippen LogP contribution in [0.25, 0.3) is 0 Å². The molecule has 0 saturated carbocycles. The first-order valence-corrected chi connectivity index (χ1v) is 10.2. The van der Waals surface area contributed by atoms with Gasteiger partial charge in [-0.1, -0.05) is 66.7 Å². The fourth-order valence-corrected chi connectivity index (χ4v) is 4.14. The molecule has 1 unspecified atom stereocenters. The zero-order valence-electron chi connectivity index (χ0n) is 16.9. The summed E-state index contributed by atoms with van der Waals surface area (Å²) in [6, 6.07) is 26.5. The number of pyridine rings is 1. The lowest BCUT2D eigenvalue weighted by Crippen LogP contribution is -2.54. The lowest BCUT2D eigenvalue weighted by atomic mass is 9.76. The van der Waals surface area contributed by atoms with Crippen molar-refractivity contribution in [3.8, 4) is 0 Å². The Balaban J connectivity index is 1.54. The molecular weight excluding hydrogens is 358 g/mol. The van der Waals surface area contributed by atoms with Gasteiger partial charge in [-0.15, -0.1) is 0 Å². The van der Waals surface area contributed by atoms with Crippen LogP contribution in [0.4, 0.5) is 5.82 Å². The van der Waals surface area contributed by atoms with Gasteiger partial charge in [0.05, 0.1) is 5.41 Å². The summed E-state index contributed by atoms with van der Waals surface area (Å²) in [7, 11) is 0. The molecule has 0 spiro atoms. The highest BCUT2D eigenvalue weighted by molar-refractivity contribution is 5.88. The third kappa shape index (κ3) is 4.16.